The van der Waals surface area contributed by atoms with Crippen LogP contribution in [0.3, 0.4) is 0 Å². The molecule has 1 aromatic heterocycles. The number of rotatable bonds is 10. The maximum absolute atomic E-state index is 14.4. The molecule has 186 valence electrons. The fraction of sp³-hybridized carbons (Fsp3) is 0.407. The molecule has 4 rings (SSSR count). The lowest BCUT2D eigenvalue weighted by Gasteiger charge is -2.25. The Morgan fingerprint density at radius 1 is 1.09 bits per heavy atom. The molecule has 0 bridgehead atoms. The number of hydrogen-bond acceptors (Lipinski definition) is 4. The summed E-state index contributed by atoms with van der Waals surface area (Å²) < 4.78 is 35.7. The third-order valence-electron chi connectivity index (χ3n) is 6.24. The Kier molecular flexibility index (Phi) is 8.60. The van der Waals surface area contributed by atoms with Gasteiger partial charge in [-0.2, -0.15) is 0 Å². The zero-order valence-electron chi connectivity index (χ0n) is 20.1. The Morgan fingerprint density at radius 2 is 1.86 bits per heavy atom. The van der Waals surface area contributed by atoms with Crippen LogP contribution in [0.1, 0.15) is 35.9 Å². The van der Waals surface area contributed by atoms with E-state index in [2.05, 4.69) is 21.6 Å². The minimum atomic E-state index is -1.11. The van der Waals surface area contributed by atoms with Crippen molar-refractivity contribution in [3.05, 3.63) is 77.6 Å². The van der Waals surface area contributed by atoms with Gasteiger partial charge in [-0.1, -0.05) is 43.7 Å². The van der Waals surface area contributed by atoms with Gasteiger partial charge in [-0.25, -0.2) is 13.8 Å². The van der Waals surface area contributed by atoms with Gasteiger partial charge in [0.15, 0.2) is 11.6 Å². The first kappa shape index (κ1) is 25.0. The molecule has 1 aliphatic rings. The molecule has 1 aliphatic heterocycles. The van der Waals surface area contributed by atoms with E-state index in [9.17, 15) is 13.6 Å². The van der Waals surface area contributed by atoms with Gasteiger partial charge in [0.25, 0.3) is 5.91 Å². The Bertz CT molecular complexity index is 1170. The van der Waals surface area contributed by atoms with E-state index in [4.69, 9.17) is 9.72 Å². The maximum atomic E-state index is 14.4. The van der Waals surface area contributed by atoms with Crippen LogP contribution in [-0.2, 0) is 17.8 Å². The minimum Gasteiger partial charge on any atom is -0.379 e. The van der Waals surface area contributed by atoms with Crippen LogP contribution in [0.15, 0.2) is 54.6 Å². The van der Waals surface area contributed by atoms with Crippen LogP contribution in [0, 0.1) is 11.6 Å². The molecule has 0 unspecified atom stereocenters. The first-order valence-corrected chi connectivity index (χ1v) is 12.2. The van der Waals surface area contributed by atoms with Gasteiger partial charge in [-0.3, -0.25) is 9.69 Å². The highest BCUT2D eigenvalue weighted by Crippen LogP contribution is 2.20. The molecule has 8 heteroatoms. The quantitative estimate of drug-likeness (QED) is 0.395. The number of morpholine rings is 1. The van der Waals surface area contributed by atoms with Crippen molar-refractivity contribution in [2.75, 3.05) is 39.4 Å². The lowest BCUT2D eigenvalue weighted by molar-refractivity contribution is 0.0434. The third kappa shape index (κ3) is 6.13. The fourth-order valence-electron chi connectivity index (χ4n) is 4.25. The topological polar surface area (TPSA) is 50.6 Å². The predicted octanol–water partition coefficient (Wildman–Crippen LogP) is 4.65. The van der Waals surface area contributed by atoms with Gasteiger partial charge >= 0.3 is 0 Å². The van der Waals surface area contributed by atoms with Gasteiger partial charge in [0.2, 0.25) is 0 Å². The summed E-state index contributed by atoms with van der Waals surface area (Å²) in [4.78, 5) is 21.9. The van der Waals surface area contributed by atoms with E-state index >= 15 is 0 Å². The largest absolute Gasteiger partial charge is 0.379 e. The van der Waals surface area contributed by atoms with Crippen molar-refractivity contribution in [1.29, 1.82) is 0 Å². The lowest BCUT2D eigenvalue weighted by atomic mass is 10.1. The maximum Gasteiger partial charge on any atom is 0.257 e. The predicted molar refractivity (Wildman–Crippen MR) is 132 cm³/mol. The Morgan fingerprint density at radius 3 is 2.66 bits per heavy atom. The minimum absolute atomic E-state index is 0.209. The average molecular weight is 483 g/mol. The first-order valence-electron chi connectivity index (χ1n) is 12.2. The molecular weight excluding hydrogens is 450 g/mol. The second-order valence-electron chi connectivity index (χ2n) is 8.69. The standard InChI is InChI=1S/C27H32F2N4O2/c1-2-3-14-32(27(34)21-9-8-10-22(28)26(21)29)20-25-30-23-11-4-5-12-24(23)33(25)15-7-6-13-31-16-18-35-19-17-31/h4-12H,2-3,13-20H2,1H3/b7-6+. The average Bonchev–Trinajstić information content (AvgIpc) is 3.23. The summed E-state index contributed by atoms with van der Waals surface area (Å²) in [6, 6.07) is 11.5. The molecule has 1 saturated heterocycles. The van der Waals surface area contributed by atoms with Gasteiger partial charge in [-0.15, -0.1) is 0 Å². The number of ether oxygens (including phenoxy) is 1. The molecule has 2 heterocycles. The van der Waals surface area contributed by atoms with Gasteiger partial charge in [0.1, 0.15) is 5.82 Å². The summed E-state index contributed by atoms with van der Waals surface area (Å²) in [6.45, 7) is 7.50. The molecule has 0 N–H and O–H groups in total. The molecule has 2 aromatic carbocycles. The molecular formula is C27H32F2N4O2. The van der Waals surface area contributed by atoms with Crippen LogP contribution < -0.4 is 0 Å². The zero-order chi connectivity index (χ0) is 24.6. The van der Waals surface area contributed by atoms with Crippen molar-refractivity contribution in [2.24, 2.45) is 0 Å². The molecule has 0 radical (unpaired) electrons. The summed E-state index contributed by atoms with van der Waals surface area (Å²) >= 11 is 0. The van der Waals surface area contributed by atoms with Gasteiger partial charge in [0, 0.05) is 32.7 Å². The highest BCUT2D eigenvalue weighted by molar-refractivity contribution is 5.94. The second-order valence-corrected chi connectivity index (χ2v) is 8.69. The Hall–Kier alpha value is -3.10. The monoisotopic (exact) mass is 482 g/mol. The van der Waals surface area contributed by atoms with Crippen molar-refractivity contribution in [3.8, 4) is 0 Å². The van der Waals surface area contributed by atoms with Crippen molar-refractivity contribution in [3.63, 3.8) is 0 Å². The van der Waals surface area contributed by atoms with E-state index in [-0.39, 0.29) is 12.1 Å². The molecule has 1 amide bonds. The van der Waals surface area contributed by atoms with E-state index in [1.807, 2.05) is 31.2 Å². The molecule has 0 saturated carbocycles. The fourth-order valence-corrected chi connectivity index (χ4v) is 4.25. The summed E-state index contributed by atoms with van der Waals surface area (Å²) in [7, 11) is 0. The number of fused-ring (bicyclic) bond motifs is 1. The van der Waals surface area contributed by atoms with Crippen molar-refractivity contribution >= 4 is 16.9 Å². The number of unbranched alkanes of at least 4 members (excludes halogenated alkanes) is 1. The molecule has 3 aromatic rings. The second kappa shape index (κ2) is 12.0. The highest BCUT2D eigenvalue weighted by atomic mass is 19.2. The van der Waals surface area contributed by atoms with Crippen LogP contribution in [0.25, 0.3) is 11.0 Å². The normalized spacial score (nSPS) is 14.7. The number of para-hydroxylation sites is 2. The van der Waals surface area contributed by atoms with Crippen LogP contribution in [0.5, 0.6) is 0 Å². The number of amides is 1. The molecule has 1 fully saturated rings. The molecule has 0 spiro atoms. The molecule has 35 heavy (non-hydrogen) atoms. The summed E-state index contributed by atoms with van der Waals surface area (Å²) in [6.07, 6.45) is 5.88. The molecule has 6 nitrogen and oxygen atoms in total. The summed E-state index contributed by atoms with van der Waals surface area (Å²) in [5.74, 6) is -1.96. The van der Waals surface area contributed by atoms with Crippen LogP contribution >= 0.6 is 0 Å². The van der Waals surface area contributed by atoms with E-state index in [1.54, 1.807) is 4.90 Å². The molecule has 0 atom stereocenters. The van der Waals surface area contributed by atoms with E-state index in [1.165, 1.54) is 12.1 Å². The number of carbonyl (C=O) groups is 1. The van der Waals surface area contributed by atoms with Crippen molar-refractivity contribution in [1.82, 2.24) is 19.4 Å². The highest BCUT2D eigenvalue weighted by Gasteiger charge is 2.23. The number of allylic oxidation sites excluding steroid dienone is 1. The number of nitrogens with zero attached hydrogens (tertiary/aromatic N) is 4. The smallest absolute Gasteiger partial charge is 0.257 e. The van der Waals surface area contributed by atoms with Crippen molar-refractivity contribution in [2.45, 2.75) is 32.9 Å². The van der Waals surface area contributed by atoms with E-state index in [0.717, 1.165) is 62.8 Å². The molecule has 0 aliphatic carbocycles. The van der Waals surface area contributed by atoms with E-state index < -0.39 is 17.5 Å². The third-order valence-corrected chi connectivity index (χ3v) is 6.24. The van der Waals surface area contributed by atoms with E-state index in [0.29, 0.717) is 18.9 Å². The summed E-state index contributed by atoms with van der Waals surface area (Å²) in [5.41, 5.74) is 1.55. The zero-order valence-corrected chi connectivity index (χ0v) is 20.1. The first-order chi connectivity index (χ1) is 17.1. The van der Waals surface area contributed by atoms with Crippen LogP contribution in [0.4, 0.5) is 8.78 Å². The summed E-state index contributed by atoms with van der Waals surface area (Å²) in [5, 5.41) is 0. The SMILES string of the molecule is CCCCN(Cc1nc2ccccc2n1C/C=C/CN1CCOCC1)C(=O)c1cccc(F)c1F. The van der Waals surface area contributed by atoms with Gasteiger partial charge in [-0.05, 0) is 30.7 Å². The lowest BCUT2D eigenvalue weighted by Crippen LogP contribution is -2.36. The number of imidazole rings is 1. The Balaban J connectivity index is 1.57. The number of hydrogen-bond donors (Lipinski definition) is 0. The van der Waals surface area contributed by atoms with Crippen molar-refractivity contribution < 1.29 is 18.3 Å². The van der Waals surface area contributed by atoms with Gasteiger partial charge < -0.3 is 14.2 Å². The van der Waals surface area contributed by atoms with Crippen LogP contribution in [-0.4, -0.2) is 64.7 Å². The van der Waals surface area contributed by atoms with Gasteiger partial charge in [0.05, 0.1) is 36.4 Å². The number of halogens is 2. The number of carbonyl (C=O) groups excluding carboxylic acids is 1. The number of benzene rings is 2. The Labute approximate surface area is 204 Å². The number of aromatic nitrogens is 2. The van der Waals surface area contributed by atoms with Crippen LogP contribution in [0.2, 0.25) is 0 Å².